The molecule has 0 rings (SSSR count). The summed E-state index contributed by atoms with van der Waals surface area (Å²) < 4.78 is 4.86. The van der Waals surface area contributed by atoms with Crippen LogP contribution < -0.4 is 6.15 Å². The van der Waals surface area contributed by atoms with Crippen molar-refractivity contribution < 1.29 is 9.53 Å². The molecule has 0 spiro atoms. The van der Waals surface area contributed by atoms with Crippen molar-refractivity contribution in [2.24, 2.45) is 0 Å². The first kappa shape index (κ1) is 15.8. The monoisotopic (exact) mass is 217 g/mol. The number of carbonyl (C=O) groups excluding carboxylic acids is 1. The van der Waals surface area contributed by atoms with Crippen LogP contribution in [0.3, 0.4) is 0 Å². The predicted octanol–water partition coefficient (Wildman–Crippen LogP) is 3.00. The van der Waals surface area contributed by atoms with Crippen LogP contribution in [0.25, 0.3) is 0 Å². The van der Waals surface area contributed by atoms with Crippen molar-refractivity contribution in [2.45, 2.75) is 38.5 Å². The van der Waals surface area contributed by atoms with Gasteiger partial charge in [0.2, 0.25) is 0 Å². The molecule has 84 valence electrons. The average molecular weight is 217 g/mol. The number of hydrogen-bond acceptors (Lipinski definition) is 3. The molecule has 3 N–H and O–H groups in total. The SMILES string of the molecule is C=CC(=O)OCCCC[Si](C)(C)C.N. The van der Waals surface area contributed by atoms with Crippen LogP contribution in [0.2, 0.25) is 25.7 Å². The number of ether oxygens (including phenoxy) is 1. The zero-order valence-electron chi connectivity index (χ0n) is 9.64. The fraction of sp³-hybridized carbons (Fsp3) is 0.700. The second kappa shape index (κ2) is 7.76. The van der Waals surface area contributed by atoms with Crippen molar-refractivity contribution in [3.8, 4) is 0 Å². The van der Waals surface area contributed by atoms with Gasteiger partial charge in [-0.2, -0.15) is 0 Å². The molecule has 4 heteroatoms. The molecular formula is C10H23NO2Si. The first-order valence-corrected chi connectivity index (χ1v) is 8.45. The highest BCUT2D eigenvalue weighted by Gasteiger charge is 2.11. The molecule has 0 fully saturated rings. The Morgan fingerprint density at radius 1 is 1.36 bits per heavy atom. The van der Waals surface area contributed by atoms with Crippen LogP contribution in [0.4, 0.5) is 0 Å². The Bertz CT molecular complexity index is 175. The lowest BCUT2D eigenvalue weighted by molar-refractivity contribution is -0.137. The second-order valence-corrected chi connectivity index (χ2v) is 10.0. The normalized spacial score (nSPS) is 10.2. The standard InChI is InChI=1S/C10H20O2Si.H3N/c1-5-10(11)12-8-6-7-9-13(2,3)4;/h5H,1,6-9H2,2-4H3;1H3. The van der Waals surface area contributed by atoms with Gasteiger partial charge in [0.05, 0.1) is 6.61 Å². The van der Waals surface area contributed by atoms with Gasteiger partial charge in [-0.25, -0.2) is 4.79 Å². The third kappa shape index (κ3) is 11.4. The first-order chi connectivity index (χ1) is 5.95. The number of rotatable bonds is 6. The summed E-state index contributed by atoms with van der Waals surface area (Å²) in [6.45, 7) is 10.9. The Kier molecular flexibility index (Phi) is 8.78. The molecule has 0 unspecified atom stereocenters. The van der Waals surface area contributed by atoms with Gasteiger partial charge in [0.15, 0.2) is 0 Å². The molecule has 0 aliphatic heterocycles. The van der Waals surface area contributed by atoms with E-state index < -0.39 is 8.07 Å². The lowest BCUT2D eigenvalue weighted by Crippen LogP contribution is -2.18. The van der Waals surface area contributed by atoms with E-state index in [1.54, 1.807) is 0 Å². The molecule has 0 heterocycles. The summed E-state index contributed by atoms with van der Waals surface area (Å²) in [5, 5.41) is 0. The molecule has 0 aromatic rings. The smallest absolute Gasteiger partial charge is 0.330 e. The second-order valence-electron chi connectivity index (χ2n) is 4.39. The van der Waals surface area contributed by atoms with E-state index in [2.05, 4.69) is 26.2 Å². The van der Waals surface area contributed by atoms with Crippen LogP contribution in [0.5, 0.6) is 0 Å². The number of carbonyl (C=O) groups is 1. The molecule has 3 nitrogen and oxygen atoms in total. The Morgan fingerprint density at radius 3 is 2.36 bits per heavy atom. The van der Waals surface area contributed by atoms with Crippen molar-refractivity contribution in [1.82, 2.24) is 6.15 Å². The van der Waals surface area contributed by atoms with Gasteiger partial charge in [0.25, 0.3) is 0 Å². The molecule has 0 atom stereocenters. The minimum absolute atomic E-state index is 0. The van der Waals surface area contributed by atoms with Gasteiger partial charge in [-0.15, -0.1) is 0 Å². The van der Waals surface area contributed by atoms with Crippen LogP contribution in [-0.4, -0.2) is 20.7 Å². The van der Waals surface area contributed by atoms with E-state index in [9.17, 15) is 4.79 Å². The number of unbranched alkanes of at least 4 members (excludes halogenated alkanes) is 1. The minimum atomic E-state index is -0.903. The molecule has 0 saturated carbocycles. The van der Waals surface area contributed by atoms with E-state index in [-0.39, 0.29) is 12.1 Å². The van der Waals surface area contributed by atoms with E-state index >= 15 is 0 Å². The highest BCUT2D eigenvalue weighted by Crippen LogP contribution is 2.12. The van der Waals surface area contributed by atoms with E-state index in [0.717, 1.165) is 6.42 Å². The van der Waals surface area contributed by atoms with Gasteiger partial charge in [-0.3, -0.25) is 0 Å². The van der Waals surface area contributed by atoms with E-state index in [4.69, 9.17) is 4.74 Å². The van der Waals surface area contributed by atoms with Crippen molar-refractivity contribution in [2.75, 3.05) is 6.61 Å². The van der Waals surface area contributed by atoms with Crippen molar-refractivity contribution in [3.63, 3.8) is 0 Å². The maximum Gasteiger partial charge on any atom is 0.330 e. The molecule has 0 amide bonds. The molecule has 0 aliphatic carbocycles. The molecule has 14 heavy (non-hydrogen) atoms. The summed E-state index contributed by atoms with van der Waals surface area (Å²) in [7, 11) is -0.903. The molecule has 0 aliphatic rings. The van der Waals surface area contributed by atoms with Gasteiger partial charge in [0, 0.05) is 14.1 Å². The van der Waals surface area contributed by atoms with Gasteiger partial charge < -0.3 is 10.9 Å². The molecule has 0 aromatic carbocycles. The zero-order valence-corrected chi connectivity index (χ0v) is 10.6. The molecule has 0 aromatic heterocycles. The van der Waals surface area contributed by atoms with Gasteiger partial charge in [-0.05, 0) is 6.42 Å². The van der Waals surface area contributed by atoms with E-state index in [0.29, 0.717) is 6.61 Å². The Hall–Kier alpha value is -0.613. The third-order valence-corrected chi connectivity index (χ3v) is 3.59. The summed E-state index contributed by atoms with van der Waals surface area (Å²) in [4.78, 5) is 10.6. The maximum atomic E-state index is 10.6. The fourth-order valence-corrected chi connectivity index (χ4v) is 2.30. The topological polar surface area (TPSA) is 61.3 Å². The summed E-state index contributed by atoms with van der Waals surface area (Å²) in [5.41, 5.74) is 0. The highest BCUT2D eigenvalue weighted by molar-refractivity contribution is 6.76. The van der Waals surface area contributed by atoms with E-state index in [1.165, 1.54) is 18.5 Å². The Morgan fingerprint density at radius 2 is 1.93 bits per heavy atom. The molecule has 0 radical (unpaired) electrons. The third-order valence-electron chi connectivity index (χ3n) is 1.73. The first-order valence-electron chi connectivity index (χ1n) is 4.75. The summed E-state index contributed by atoms with van der Waals surface area (Å²) >= 11 is 0. The zero-order chi connectivity index (χ0) is 10.3. The van der Waals surface area contributed by atoms with Crippen LogP contribution in [0.1, 0.15) is 12.8 Å². The lowest BCUT2D eigenvalue weighted by atomic mass is 10.4. The average Bonchev–Trinajstić information content (AvgIpc) is 2.01. The van der Waals surface area contributed by atoms with Gasteiger partial charge in [-0.1, -0.05) is 38.7 Å². The minimum Gasteiger partial charge on any atom is -0.463 e. The largest absolute Gasteiger partial charge is 0.463 e. The number of hydrogen-bond donors (Lipinski definition) is 1. The molecule has 0 bridgehead atoms. The van der Waals surface area contributed by atoms with Gasteiger partial charge >= 0.3 is 5.97 Å². The molecular weight excluding hydrogens is 194 g/mol. The summed E-state index contributed by atoms with van der Waals surface area (Å²) in [6.07, 6.45) is 3.35. The fourth-order valence-electron chi connectivity index (χ4n) is 0.989. The van der Waals surface area contributed by atoms with Crippen LogP contribution in [-0.2, 0) is 9.53 Å². The van der Waals surface area contributed by atoms with Crippen LogP contribution in [0, 0.1) is 0 Å². The number of esters is 1. The Labute approximate surface area is 88.1 Å². The van der Waals surface area contributed by atoms with Crippen molar-refractivity contribution in [3.05, 3.63) is 12.7 Å². The highest BCUT2D eigenvalue weighted by atomic mass is 28.3. The van der Waals surface area contributed by atoms with E-state index in [1.807, 2.05) is 0 Å². The van der Waals surface area contributed by atoms with Crippen LogP contribution in [0.15, 0.2) is 12.7 Å². The summed E-state index contributed by atoms with van der Waals surface area (Å²) in [5.74, 6) is -0.312. The quantitative estimate of drug-likeness (QED) is 0.322. The van der Waals surface area contributed by atoms with Gasteiger partial charge in [0.1, 0.15) is 0 Å². The Balaban J connectivity index is 0. The van der Waals surface area contributed by atoms with Crippen LogP contribution >= 0.6 is 0 Å². The van der Waals surface area contributed by atoms with Crippen molar-refractivity contribution >= 4 is 14.0 Å². The molecule has 0 saturated heterocycles. The van der Waals surface area contributed by atoms with Crippen molar-refractivity contribution in [1.29, 1.82) is 0 Å². The maximum absolute atomic E-state index is 10.6. The summed E-state index contributed by atoms with van der Waals surface area (Å²) in [6, 6.07) is 1.30. The predicted molar refractivity (Wildman–Crippen MR) is 63.6 cm³/mol. The lowest BCUT2D eigenvalue weighted by Gasteiger charge is -2.14.